The quantitative estimate of drug-likeness (QED) is 0.516. The van der Waals surface area contributed by atoms with Crippen LogP contribution in [0.3, 0.4) is 0 Å². The maximum absolute atomic E-state index is 12.0. The largest absolute Gasteiger partial charge is 0.493 e. The molecule has 0 aliphatic rings. The van der Waals surface area contributed by atoms with E-state index < -0.39 is 11.9 Å². The Kier molecular flexibility index (Phi) is 8.66. The Bertz CT molecular complexity index is 756. The number of benzene rings is 2. The molecule has 2 aromatic rings. The summed E-state index contributed by atoms with van der Waals surface area (Å²) in [6, 6.07) is 12.9. The van der Waals surface area contributed by atoms with E-state index in [2.05, 4.69) is 6.92 Å². The molecule has 28 heavy (non-hydrogen) atoms. The minimum absolute atomic E-state index is 0.343. The van der Waals surface area contributed by atoms with Crippen LogP contribution in [0.4, 0.5) is 0 Å². The third-order valence-electron chi connectivity index (χ3n) is 4.76. The van der Waals surface area contributed by atoms with Crippen molar-refractivity contribution in [2.24, 2.45) is 0 Å². The number of carboxylic acid groups (broad SMARTS) is 1. The van der Waals surface area contributed by atoms with E-state index in [1.165, 1.54) is 12.8 Å². The molecule has 0 heterocycles. The summed E-state index contributed by atoms with van der Waals surface area (Å²) in [5.74, 6) is 0.262. The minimum Gasteiger partial charge on any atom is -0.493 e. The summed E-state index contributed by atoms with van der Waals surface area (Å²) < 4.78 is 16.5. The van der Waals surface area contributed by atoms with E-state index in [1.54, 1.807) is 32.4 Å². The fourth-order valence-corrected chi connectivity index (χ4v) is 3.16. The first-order valence-corrected chi connectivity index (χ1v) is 9.76. The summed E-state index contributed by atoms with van der Waals surface area (Å²) >= 11 is 0. The smallest absolute Gasteiger partial charge is 0.311 e. The highest BCUT2D eigenvalue weighted by Crippen LogP contribution is 2.33. The van der Waals surface area contributed by atoms with Gasteiger partial charge in [0, 0.05) is 0 Å². The summed E-state index contributed by atoms with van der Waals surface area (Å²) in [7, 11) is 3.10. The molecule has 2 rings (SSSR count). The van der Waals surface area contributed by atoms with E-state index in [9.17, 15) is 9.90 Å². The van der Waals surface area contributed by atoms with Crippen molar-refractivity contribution in [1.82, 2.24) is 0 Å². The normalized spacial score (nSPS) is 11.7. The predicted octanol–water partition coefficient (Wildman–Crippen LogP) is 5.07. The molecule has 0 amide bonds. The van der Waals surface area contributed by atoms with Crippen LogP contribution in [0, 0.1) is 0 Å². The molecular formula is C23H30O5. The van der Waals surface area contributed by atoms with Gasteiger partial charge in [-0.05, 0) is 42.2 Å². The van der Waals surface area contributed by atoms with Crippen LogP contribution in [-0.4, -0.2) is 31.9 Å². The van der Waals surface area contributed by atoms with Crippen molar-refractivity contribution >= 4 is 5.97 Å². The molecule has 0 fully saturated rings. The molecule has 0 spiro atoms. The van der Waals surface area contributed by atoms with Crippen LogP contribution in [0.25, 0.3) is 0 Å². The van der Waals surface area contributed by atoms with Crippen LogP contribution in [0.15, 0.2) is 42.5 Å². The Labute approximate surface area is 167 Å². The van der Waals surface area contributed by atoms with Crippen LogP contribution < -0.4 is 14.2 Å². The van der Waals surface area contributed by atoms with Gasteiger partial charge in [-0.25, -0.2) is 0 Å². The highest BCUT2D eigenvalue weighted by molar-refractivity contribution is 5.77. The van der Waals surface area contributed by atoms with Gasteiger partial charge in [0.1, 0.15) is 5.75 Å². The third kappa shape index (κ3) is 5.91. The highest BCUT2D eigenvalue weighted by atomic mass is 16.5. The molecule has 0 aliphatic heterocycles. The van der Waals surface area contributed by atoms with E-state index in [4.69, 9.17) is 14.2 Å². The van der Waals surface area contributed by atoms with Crippen LogP contribution in [-0.2, 0) is 11.2 Å². The highest BCUT2D eigenvalue weighted by Gasteiger charge is 2.23. The predicted molar refractivity (Wildman–Crippen MR) is 110 cm³/mol. The van der Waals surface area contributed by atoms with Gasteiger partial charge in [-0.3, -0.25) is 4.79 Å². The third-order valence-corrected chi connectivity index (χ3v) is 4.76. The van der Waals surface area contributed by atoms with Gasteiger partial charge in [0.25, 0.3) is 0 Å². The molecule has 0 aromatic heterocycles. The molecule has 0 saturated carbocycles. The Hall–Kier alpha value is -2.69. The maximum atomic E-state index is 12.0. The molecule has 0 aliphatic carbocycles. The zero-order valence-corrected chi connectivity index (χ0v) is 16.9. The molecule has 1 N–H and O–H groups in total. The second-order valence-corrected chi connectivity index (χ2v) is 6.73. The van der Waals surface area contributed by atoms with Crippen molar-refractivity contribution in [2.75, 3.05) is 20.8 Å². The fraction of sp³-hybridized carbons (Fsp3) is 0.435. The SMILES string of the molecule is CCCCCCOc1ccccc1CC(C(=O)O)c1ccc(OC)c(OC)c1. The first-order chi connectivity index (χ1) is 13.6. The number of carboxylic acids is 1. The molecule has 0 saturated heterocycles. The summed E-state index contributed by atoms with van der Waals surface area (Å²) in [4.78, 5) is 12.0. The Balaban J connectivity index is 2.18. The molecule has 2 aromatic carbocycles. The molecule has 152 valence electrons. The topological polar surface area (TPSA) is 65.0 Å². The number of aliphatic carboxylic acids is 1. The first-order valence-electron chi connectivity index (χ1n) is 9.76. The standard InChI is InChI=1S/C23H30O5/c1-4-5-6-9-14-28-20-11-8-7-10-18(20)15-19(23(24)25)17-12-13-21(26-2)22(16-17)27-3/h7-8,10-13,16,19H,4-6,9,14-15H2,1-3H3,(H,24,25). The molecule has 1 unspecified atom stereocenters. The van der Waals surface area contributed by atoms with Crippen molar-refractivity contribution in [3.63, 3.8) is 0 Å². The Morgan fingerprint density at radius 3 is 2.39 bits per heavy atom. The van der Waals surface area contributed by atoms with Crippen LogP contribution in [0.2, 0.25) is 0 Å². The lowest BCUT2D eigenvalue weighted by Crippen LogP contribution is -2.15. The van der Waals surface area contributed by atoms with E-state index in [1.807, 2.05) is 24.3 Å². The Morgan fingerprint density at radius 1 is 0.964 bits per heavy atom. The fourth-order valence-electron chi connectivity index (χ4n) is 3.16. The number of hydrogen-bond acceptors (Lipinski definition) is 4. The van der Waals surface area contributed by atoms with Gasteiger partial charge in [-0.1, -0.05) is 50.5 Å². The van der Waals surface area contributed by atoms with Crippen LogP contribution in [0.1, 0.15) is 49.7 Å². The van der Waals surface area contributed by atoms with Gasteiger partial charge in [0.05, 0.1) is 26.7 Å². The van der Waals surface area contributed by atoms with Crippen molar-refractivity contribution in [1.29, 1.82) is 0 Å². The van der Waals surface area contributed by atoms with Gasteiger partial charge in [-0.2, -0.15) is 0 Å². The summed E-state index contributed by atoms with van der Waals surface area (Å²) in [5.41, 5.74) is 1.56. The van der Waals surface area contributed by atoms with Crippen molar-refractivity contribution in [3.05, 3.63) is 53.6 Å². The number of methoxy groups -OCH3 is 2. The molecule has 5 nitrogen and oxygen atoms in total. The average molecular weight is 386 g/mol. The van der Waals surface area contributed by atoms with Gasteiger partial charge in [0.2, 0.25) is 0 Å². The number of unbranched alkanes of at least 4 members (excludes halogenated alkanes) is 3. The van der Waals surface area contributed by atoms with Gasteiger partial charge in [-0.15, -0.1) is 0 Å². The van der Waals surface area contributed by atoms with E-state index >= 15 is 0 Å². The van der Waals surface area contributed by atoms with Crippen molar-refractivity contribution in [3.8, 4) is 17.2 Å². The molecular weight excluding hydrogens is 356 g/mol. The summed E-state index contributed by atoms with van der Waals surface area (Å²) in [6.45, 7) is 2.82. The first kappa shape index (κ1) is 21.6. The lowest BCUT2D eigenvalue weighted by molar-refractivity contribution is -0.138. The van der Waals surface area contributed by atoms with Crippen molar-refractivity contribution < 1.29 is 24.1 Å². The van der Waals surface area contributed by atoms with Gasteiger partial charge < -0.3 is 19.3 Å². The zero-order chi connectivity index (χ0) is 20.4. The molecule has 0 bridgehead atoms. The van der Waals surface area contributed by atoms with E-state index in [-0.39, 0.29) is 0 Å². The molecule has 0 radical (unpaired) electrons. The lowest BCUT2D eigenvalue weighted by atomic mass is 9.91. The van der Waals surface area contributed by atoms with Crippen LogP contribution >= 0.6 is 0 Å². The maximum Gasteiger partial charge on any atom is 0.311 e. The molecule has 5 heteroatoms. The number of carbonyl (C=O) groups is 1. The number of hydrogen-bond donors (Lipinski definition) is 1. The number of para-hydroxylation sites is 1. The van der Waals surface area contributed by atoms with E-state index in [0.29, 0.717) is 30.1 Å². The Morgan fingerprint density at radius 2 is 1.71 bits per heavy atom. The lowest BCUT2D eigenvalue weighted by Gasteiger charge is -2.18. The van der Waals surface area contributed by atoms with Crippen LogP contribution in [0.5, 0.6) is 17.2 Å². The van der Waals surface area contributed by atoms with Gasteiger partial charge >= 0.3 is 5.97 Å². The number of rotatable bonds is 12. The molecule has 1 atom stereocenters. The second-order valence-electron chi connectivity index (χ2n) is 6.73. The zero-order valence-electron chi connectivity index (χ0n) is 16.9. The van der Waals surface area contributed by atoms with E-state index in [0.717, 1.165) is 24.2 Å². The average Bonchev–Trinajstić information content (AvgIpc) is 2.72. The summed E-state index contributed by atoms with van der Waals surface area (Å²) in [5, 5.41) is 9.83. The summed E-state index contributed by atoms with van der Waals surface area (Å²) in [6.07, 6.45) is 4.87. The minimum atomic E-state index is -0.884. The monoisotopic (exact) mass is 386 g/mol. The number of ether oxygens (including phenoxy) is 3. The van der Waals surface area contributed by atoms with Crippen molar-refractivity contribution in [2.45, 2.75) is 44.9 Å². The second kappa shape index (κ2) is 11.2. The van der Waals surface area contributed by atoms with Gasteiger partial charge in [0.15, 0.2) is 11.5 Å².